The predicted octanol–water partition coefficient (Wildman–Crippen LogP) is 3.69. The minimum atomic E-state index is -2.70. The Bertz CT molecular complexity index is 1250. The van der Waals surface area contributed by atoms with Crippen LogP contribution in [0.25, 0.3) is 11.1 Å². The second kappa shape index (κ2) is 10.6. The average molecular weight is 481 g/mol. The highest BCUT2D eigenvalue weighted by atomic mass is 35.5. The molecule has 0 aliphatic carbocycles. The Hall–Kier alpha value is -2.88. The Kier molecular flexibility index (Phi) is 7.89. The molecule has 0 unspecified atom stereocenters. The molecule has 0 atom stereocenters. The van der Waals surface area contributed by atoms with Crippen LogP contribution in [0.1, 0.15) is 12.5 Å². The minimum absolute atomic E-state index is 0.0174. The van der Waals surface area contributed by atoms with Crippen LogP contribution in [0.15, 0.2) is 53.5 Å². The van der Waals surface area contributed by atoms with E-state index < -0.39 is 16.7 Å². The number of thiol groups is 1. The molecule has 1 heterocycles. The topological polar surface area (TPSA) is 86.6 Å². The fraction of sp³-hybridized carbons (Fsp3) is 0.227. The van der Waals surface area contributed by atoms with Crippen molar-refractivity contribution in [2.45, 2.75) is 13.3 Å². The summed E-state index contributed by atoms with van der Waals surface area (Å²) in [5, 5.41) is 0.242. The van der Waals surface area contributed by atoms with E-state index in [1.807, 2.05) is 0 Å². The highest BCUT2D eigenvalue weighted by molar-refractivity contribution is 7.70. The molecule has 1 aromatic heterocycles. The molecule has 0 saturated carbocycles. The maximum atomic E-state index is 14.4. The number of ether oxygens (including phenoxy) is 2. The number of pyridine rings is 1. The molecule has 10 heteroatoms. The van der Waals surface area contributed by atoms with Crippen LogP contribution in [-0.2, 0) is 24.4 Å². The molecule has 3 aromatic rings. The Morgan fingerprint density at radius 2 is 1.81 bits per heavy atom. The summed E-state index contributed by atoms with van der Waals surface area (Å²) < 4.78 is 51.2. The van der Waals surface area contributed by atoms with Gasteiger partial charge < -0.3 is 14.0 Å². The van der Waals surface area contributed by atoms with Crippen molar-refractivity contribution in [3.63, 3.8) is 0 Å². The van der Waals surface area contributed by atoms with E-state index in [1.165, 1.54) is 22.8 Å². The van der Waals surface area contributed by atoms with Crippen LogP contribution in [0.5, 0.6) is 17.2 Å². The lowest BCUT2D eigenvalue weighted by Gasteiger charge is -2.17. The third-order valence-corrected chi connectivity index (χ3v) is 5.31. The molecule has 0 fully saturated rings. The van der Waals surface area contributed by atoms with Gasteiger partial charge in [0.05, 0.1) is 6.61 Å². The van der Waals surface area contributed by atoms with Crippen molar-refractivity contribution in [1.29, 1.82) is 0 Å². The van der Waals surface area contributed by atoms with Gasteiger partial charge >= 0.3 is 0 Å². The zero-order chi connectivity index (χ0) is 23.3. The van der Waals surface area contributed by atoms with Crippen LogP contribution in [0.3, 0.4) is 0 Å². The smallest absolute Gasteiger partial charge is 0.254 e. The molecule has 3 rings (SSSR count). The van der Waals surface area contributed by atoms with Crippen molar-refractivity contribution in [2.24, 2.45) is 7.05 Å². The monoisotopic (exact) mass is 480 g/mol. The third kappa shape index (κ3) is 5.87. The molecule has 0 amide bonds. The first-order valence-electron chi connectivity index (χ1n) is 9.76. The second-order valence-electron chi connectivity index (χ2n) is 6.86. The number of hydrogen-bond acceptors (Lipinski definition) is 5. The molecule has 32 heavy (non-hydrogen) atoms. The van der Waals surface area contributed by atoms with Crippen LogP contribution in [0, 0.1) is 5.82 Å². The second-order valence-corrected chi connectivity index (χ2v) is 8.12. The van der Waals surface area contributed by atoms with Crippen LogP contribution in [0.2, 0.25) is 5.02 Å². The normalized spacial score (nSPS) is 11.0. The maximum Gasteiger partial charge on any atom is 0.254 e. The molecule has 1 N–H and O–H groups in total. The summed E-state index contributed by atoms with van der Waals surface area (Å²) in [6, 6.07) is 10.7. The zero-order valence-electron chi connectivity index (χ0n) is 17.4. The van der Waals surface area contributed by atoms with Crippen LogP contribution >= 0.6 is 11.6 Å². The number of aryl methyl sites for hydroxylation is 1. The van der Waals surface area contributed by atoms with E-state index in [0.717, 1.165) is 11.6 Å². The van der Waals surface area contributed by atoms with Gasteiger partial charge in [0.15, 0.2) is 11.6 Å². The average Bonchev–Trinajstić information content (AvgIpc) is 2.73. The van der Waals surface area contributed by atoms with Crippen LogP contribution in [0.4, 0.5) is 4.39 Å². The largest absolute Gasteiger partial charge is 0.493 e. The summed E-state index contributed by atoms with van der Waals surface area (Å²) in [6.07, 6.45) is 2.03. The van der Waals surface area contributed by atoms with E-state index >= 15 is 0 Å². The van der Waals surface area contributed by atoms with Gasteiger partial charge in [-0.2, -0.15) is 0 Å². The summed E-state index contributed by atoms with van der Waals surface area (Å²) in [6.45, 7) is 2.35. The number of nitrogens with zero attached hydrogens (tertiary/aromatic N) is 1. The lowest BCUT2D eigenvalue weighted by Crippen LogP contribution is -2.16. The van der Waals surface area contributed by atoms with E-state index in [9.17, 15) is 17.6 Å². The third-order valence-electron chi connectivity index (χ3n) is 4.59. The van der Waals surface area contributed by atoms with E-state index in [-0.39, 0.29) is 22.9 Å². The number of nitrogens with one attached hydrogen (secondary N) is 1. The molecule has 0 aliphatic heterocycles. The summed E-state index contributed by atoms with van der Waals surface area (Å²) in [5.74, 6) is 0.0463. The summed E-state index contributed by atoms with van der Waals surface area (Å²) >= 11 is 5.83. The van der Waals surface area contributed by atoms with Gasteiger partial charge in [-0.05, 0) is 49.2 Å². The first kappa shape index (κ1) is 23.8. The number of hydrogen-bond donors (Lipinski definition) is 2. The van der Waals surface area contributed by atoms with Gasteiger partial charge in [0, 0.05) is 42.0 Å². The van der Waals surface area contributed by atoms with Gasteiger partial charge in [0.25, 0.3) is 5.56 Å². The summed E-state index contributed by atoms with van der Waals surface area (Å²) in [7, 11) is -1.09. The lowest BCUT2D eigenvalue weighted by molar-refractivity contribution is 0.340. The SMILES string of the molecule is CCOc1cc(=O)n(C)cc1-c1cc(CCN[SH](=O)=O)ccc1Oc1ccc(Cl)cc1F. The van der Waals surface area contributed by atoms with E-state index in [0.29, 0.717) is 35.7 Å². The first-order valence-corrected chi connectivity index (χ1v) is 11.3. The van der Waals surface area contributed by atoms with Crippen LogP contribution < -0.4 is 19.8 Å². The zero-order valence-corrected chi connectivity index (χ0v) is 19.1. The lowest BCUT2D eigenvalue weighted by atomic mass is 10.0. The molecule has 2 aromatic carbocycles. The summed E-state index contributed by atoms with van der Waals surface area (Å²) in [5.41, 5.74) is 1.69. The van der Waals surface area contributed by atoms with Crippen molar-refractivity contribution in [3.8, 4) is 28.4 Å². The van der Waals surface area contributed by atoms with Gasteiger partial charge in [-0.15, -0.1) is 0 Å². The van der Waals surface area contributed by atoms with Crippen molar-refractivity contribution < 1.29 is 22.3 Å². The molecule has 0 radical (unpaired) electrons. The highest BCUT2D eigenvalue weighted by Crippen LogP contribution is 2.39. The van der Waals surface area contributed by atoms with Crippen molar-refractivity contribution >= 4 is 22.5 Å². The standard InChI is InChI=1S/C22H22ClFN2O5S/c1-3-30-21-12-22(27)26(2)13-17(21)16-10-14(8-9-25-32(28)29)4-6-19(16)31-20-7-5-15(23)11-18(20)24/h4-7,10-13,32H,3,8-9H2,1-2H3,(H,25,28,29). The first-order chi connectivity index (χ1) is 15.3. The fourth-order valence-corrected chi connectivity index (χ4v) is 3.54. The molecule has 7 nitrogen and oxygen atoms in total. The quantitative estimate of drug-likeness (QED) is 0.456. The Morgan fingerprint density at radius 3 is 2.50 bits per heavy atom. The van der Waals surface area contributed by atoms with E-state index in [4.69, 9.17) is 21.1 Å². The molecule has 0 aliphatic rings. The van der Waals surface area contributed by atoms with Crippen molar-refractivity contribution in [1.82, 2.24) is 9.29 Å². The van der Waals surface area contributed by atoms with Gasteiger partial charge in [0.2, 0.25) is 10.9 Å². The Labute approximate surface area is 191 Å². The molecular weight excluding hydrogens is 459 g/mol. The number of halogens is 2. The van der Waals surface area contributed by atoms with Crippen molar-refractivity contribution in [2.75, 3.05) is 13.2 Å². The molecule has 0 spiro atoms. The summed E-state index contributed by atoms with van der Waals surface area (Å²) in [4.78, 5) is 12.1. The number of benzene rings is 2. The van der Waals surface area contributed by atoms with Gasteiger partial charge in [-0.3, -0.25) is 4.79 Å². The molecule has 170 valence electrons. The van der Waals surface area contributed by atoms with Gasteiger partial charge in [0.1, 0.15) is 11.5 Å². The highest BCUT2D eigenvalue weighted by Gasteiger charge is 2.17. The Balaban J connectivity index is 2.11. The maximum absolute atomic E-state index is 14.4. The van der Waals surface area contributed by atoms with E-state index in [2.05, 4.69) is 4.72 Å². The van der Waals surface area contributed by atoms with Gasteiger partial charge in [-0.1, -0.05) is 17.7 Å². The minimum Gasteiger partial charge on any atom is -0.493 e. The van der Waals surface area contributed by atoms with Gasteiger partial charge in [-0.25, -0.2) is 17.5 Å². The van der Waals surface area contributed by atoms with E-state index in [1.54, 1.807) is 38.4 Å². The Morgan fingerprint density at radius 1 is 1.06 bits per heavy atom. The predicted molar refractivity (Wildman–Crippen MR) is 122 cm³/mol. The fourth-order valence-electron chi connectivity index (χ4n) is 3.09. The number of aromatic nitrogens is 1. The van der Waals surface area contributed by atoms with Crippen molar-refractivity contribution in [3.05, 3.63) is 75.4 Å². The number of rotatable bonds is 9. The molecular formula is C22H22ClFN2O5S. The molecule has 0 saturated heterocycles. The van der Waals surface area contributed by atoms with Crippen LogP contribution in [-0.4, -0.2) is 26.1 Å². The molecule has 0 bridgehead atoms.